The molecular weight excluding hydrogens is 317 g/mol. The number of alkyl halides is 3. The Balaban J connectivity index is 1.95. The molecule has 0 spiro atoms. The van der Waals surface area contributed by atoms with E-state index in [4.69, 9.17) is 0 Å². The number of carbonyl (C=O) groups is 1. The molecule has 1 unspecified atom stereocenters. The predicted molar refractivity (Wildman–Crippen MR) is 87.6 cm³/mol. The molecule has 1 aliphatic rings. The van der Waals surface area contributed by atoms with Crippen molar-refractivity contribution in [3.63, 3.8) is 0 Å². The van der Waals surface area contributed by atoms with E-state index in [1.54, 1.807) is 11.9 Å². The van der Waals surface area contributed by atoms with Gasteiger partial charge in [-0.3, -0.25) is 4.79 Å². The molecule has 2 rings (SSSR count). The summed E-state index contributed by atoms with van der Waals surface area (Å²) in [5.74, 6) is 0.323. The van der Waals surface area contributed by atoms with Crippen LogP contribution in [0, 0.1) is 5.92 Å². The lowest BCUT2D eigenvalue weighted by Gasteiger charge is -2.35. The number of benzene rings is 1. The third-order valence-electron chi connectivity index (χ3n) is 5.35. The van der Waals surface area contributed by atoms with E-state index in [0.29, 0.717) is 18.0 Å². The van der Waals surface area contributed by atoms with Gasteiger partial charge in [-0.2, -0.15) is 13.2 Å². The number of nitrogens with zero attached hydrogens (tertiary/aromatic N) is 2. The fourth-order valence-electron chi connectivity index (χ4n) is 3.17. The quantitative estimate of drug-likeness (QED) is 0.837. The monoisotopic (exact) mass is 342 g/mol. The maximum absolute atomic E-state index is 12.6. The van der Waals surface area contributed by atoms with Crippen LogP contribution in [-0.4, -0.2) is 48.4 Å². The molecule has 24 heavy (non-hydrogen) atoms. The molecule has 0 saturated carbocycles. The second-order valence-electron chi connectivity index (χ2n) is 7.21. The van der Waals surface area contributed by atoms with Crippen LogP contribution in [0.5, 0.6) is 0 Å². The molecule has 6 heteroatoms. The first-order chi connectivity index (χ1) is 11.0. The maximum Gasteiger partial charge on any atom is 0.416 e. The normalized spacial score (nSPS) is 21.0. The van der Waals surface area contributed by atoms with Crippen molar-refractivity contribution >= 4 is 5.91 Å². The van der Waals surface area contributed by atoms with Crippen LogP contribution in [0.3, 0.4) is 0 Å². The Kier molecular flexibility index (Phi) is 5.28. The number of hydrogen-bond donors (Lipinski definition) is 0. The van der Waals surface area contributed by atoms with Crippen LogP contribution in [0.2, 0.25) is 0 Å². The summed E-state index contributed by atoms with van der Waals surface area (Å²) >= 11 is 0. The van der Waals surface area contributed by atoms with E-state index in [1.807, 2.05) is 0 Å². The smallest absolute Gasteiger partial charge is 0.345 e. The molecule has 1 aromatic carbocycles. The summed E-state index contributed by atoms with van der Waals surface area (Å²) in [5, 5.41) is 0. The van der Waals surface area contributed by atoms with Crippen molar-refractivity contribution < 1.29 is 18.0 Å². The lowest BCUT2D eigenvalue weighted by molar-refractivity contribution is -0.137. The Labute approximate surface area is 141 Å². The molecule has 1 saturated heterocycles. The highest BCUT2D eigenvalue weighted by Gasteiger charge is 2.39. The Bertz CT molecular complexity index is 581. The molecule has 1 atom stereocenters. The first-order valence-corrected chi connectivity index (χ1v) is 8.13. The molecule has 3 nitrogen and oxygen atoms in total. The Morgan fingerprint density at radius 2 is 1.88 bits per heavy atom. The van der Waals surface area contributed by atoms with E-state index in [-0.39, 0.29) is 17.9 Å². The summed E-state index contributed by atoms with van der Waals surface area (Å²) in [6, 6.07) is 4.80. The van der Waals surface area contributed by atoms with E-state index in [2.05, 4.69) is 25.8 Å². The van der Waals surface area contributed by atoms with Gasteiger partial charge in [0.1, 0.15) is 0 Å². The number of carbonyl (C=O) groups excluding carboxylic acids is 1. The zero-order valence-corrected chi connectivity index (χ0v) is 14.7. The Morgan fingerprint density at radius 1 is 1.29 bits per heavy atom. The molecule has 1 aliphatic heterocycles. The van der Waals surface area contributed by atoms with Gasteiger partial charge < -0.3 is 9.80 Å². The minimum Gasteiger partial charge on any atom is -0.345 e. The van der Waals surface area contributed by atoms with Gasteiger partial charge in [0.15, 0.2) is 0 Å². The van der Waals surface area contributed by atoms with Gasteiger partial charge >= 0.3 is 6.18 Å². The van der Waals surface area contributed by atoms with Gasteiger partial charge in [-0.05, 0) is 57.5 Å². The Morgan fingerprint density at radius 3 is 2.33 bits per heavy atom. The highest BCUT2D eigenvalue weighted by atomic mass is 19.4. The van der Waals surface area contributed by atoms with Crippen LogP contribution < -0.4 is 0 Å². The molecule has 0 aromatic heterocycles. The van der Waals surface area contributed by atoms with Crippen molar-refractivity contribution in [2.45, 2.75) is 38.4 Å². The van der Waals surface area contributed by atoms with Crippen molar-refractivity contribution in [1.29, 1.82) is 0 Å². The van der Waals surface area contributed by atoms with Crippen molar-refractivity contribution in [3.05, 3.63) is 35.4 Å². The van der Waals surface area contributed by atoms with E-state index in [0.717, 1.165) is 25.1 Å². The zero-order chi connectivity index (χ0) is 18.1. The minimum absolute atomic E-state index is 0.0445. The van der Waals surface area contributed by atoms with Gasteiger partial charge in [0.25, 0.3) is 0 Å². The van der Waals surface area contributed by atoms with Crippen LogP contribution >= 0.6 is 0 Å². The third kappa shape index (κ3) is 4.09. The molecule has 1 amide bonds. The fourth-order valence-corrected chi connectivity index (χ4v) is 3.17. The van der Waals surface area contributed by atoms with Crippen LogP contribution in [0.4, 0.5) is 13.2 Å². The predicted octanol–water partition coefficient (Wildman–Crippen LogP) is 3.44. The number of likely N-dealkylation sites (N-methyl/N-ethyl adjacent to an activating group) is 1. The van der Waals surface area contributed by atoms with Crippen LogP contribution in [0.25, 0.3) is 0 Å². The molecule has 0 radical (unpaired) electrons. The van der Waals surface area contributed by atoms with Gasteiger partial charge in [0.2, 0.25) is 5.91 Å². The number of halogens is 3. The molecule has 0 N–H and O–H groups in total. The third-order valence-corrected chi connectivity index (χ3v) is 5.35. The average Bonchev–Trinajstić information content (AvgIpc) is 2.73. The van der Waals surface area contributed by atoms with Crippen LogP contribution in [0.1, 0.15) is 31.4 Å². The standard InChI is InChI=1S/C18H25F3N2O/c1-17(2)15(9-10-23(17)4)12-22(3)16(24)11-13-5-7-14(8-6-13)18(19,20)21/h5-8,15H,9-12H2,1-4H3. The van der Waals surface area contributed by atoms with Gasteiger partial charge in [-0.25, -0.2) is 0 Å². The van der Waals surface area contributed by atoms with Crippen LogP contribution in [-0.2, 0) is 17.4 Å². The summed E-state index contributed by atoms with van der Waals surface area (Å²) in [5.41, 5.74) is -0.0476. The number of rotatable bonds is 4. The SMILES string of the molecule is CN(CC1CCN(C)C1(C)C)C(=O)Cc1ccc(C(F)(F)F)cc1. The maximum atomic E-state index is 12.6. The van der Waals surface area contributed by atoms with E-state index in [9.17, 15) is 18.0 Å². The summed E-state index contributed by atoms with van der Waals surface area (Å²) in [6.07, 6.45) is -3.18. The van der Waals surface area contributed by atoms with Crippen molar-refractivity contribution in [1.82, 2.24) is 9.80 Å². The van der Waals surface area contributed by atoms with Crippen molar-refractivity contribution in [3.8, 4) is 0 Å². The molecule has 1 fully saturated rings. The second-order valence-corrected chi connectivity index (χ2v) is 7.21. The number of amides is 1. The minimum atomic E-state index is -4.35. The van der Waals surface area contributed by atoms with Crippen molar-refractivity contribution in [2.75, 3.05) is 27.2 Å². The van der Waals surface area contributed by atoms with Gasteiger partial charge in [-0.15, -0.1) is 0 Å². The average molecular weight is 342 g/mol. The summed E-state index contributed by atoms with van der Waals surface area (Å²) in [7, 11) is 3.85. The van der Waals surface area contributed by atoms with Gasteiger partial charge in [-0.1, -0.05) is 12.1 Å². The highest BCUT2D eigenvalue weighted by molar-refractivity contribution is 5.78. The van der Waals surface area contributed by atoms with Crippen LogP contribution in [0.15, 0.2) is 24.3 Å². The second kappa shape index (κ2) is 6.75. The lowest BCUT2D eigenvalue weighted by atomic mass is 9.88. The molecular formula is C18H25F3N2O. The largest absolute Gasteiger partial charge is 0.416 e. The van der Waals surface area contributed by atoms with E-state index < -0.39 is 11.7 Å². The Hall–Kier alpha value is -1.56. The number of likely N-dealkylation sites (tertiary alicyclic amines) is 1. The first-order valence-electron chi connectivity index (χ1n) is 8.13. The summed E-state index contributed by atoms with van der Waals surface area (Å²) in [6.45, 7) is 6.03. The lowest BCUT2D eigenvalue weighted by Crippen LogP contribution is -2.45. The molecule has 0 aliphatic carbocycles. The summed E-state index contributed by atoms with van der Waals surface area (Å²) in [4.78, 5) is 16.4. The van der Waals surface area contributed by atoms with E-state index >= 15 is 0 Å². The van der Waals surface area contributed by atoms with Gasteiger partial charge in [0, 0.05) is 19.1 Å². The topological polar surface area (TPSA) is 23.6 Å². The molecule has 134 valence electrons. The molecule has 1 heterocycles. The van der Waals surface area contributed by atoms with Crippen molar-refractivity contribution in [2.24, 2.45) is 5.92 Å². The highest BCUT2D eigenvalue weighted by Crippen LogP contribution is 2.33. The molecule has 1 aromatic rings. The first kappa shape index (κ1) is 18.8. The fraction of sp³-hybridized carbons (Fsp3) is 0.611. The number of hydrogen-bond acceptors (Lipinski definition) is 2. The molecule has 0 bridgehead atoms. The van der Waals surface area contributed by atoms with Gasteiger partial charge in [0.05, 0.1) is 12.0 Å². The zero-order valence-electron chi connectivity index (χ0n) is 14.7. The van der Waals surface area contributed by atoms with E-state index in [1.165, 1.54) is 12.1 Å². The summed E-state index contributed by atoms with van der Waals surface area (Å²) < 4.78 is 37.7.